The molecule has 10 heteroatoms. The summed E-state index contributed by atoms with van der Waals surface area (Å²) in [5.74, 6) is -0.468. The SMILES string of the molecule is CN1CCC(Oc2cc(F)cc(NC3=NC=C(C(F)(F)F)C(N)(C4CC4)N3)c2)CC1. The van der Waals surface area contributed by atoms with Crippen molar-refractivity contribution in [3.05, 3.63) is 35.8 Å². The van der Waals surface area contributed by atoms with Gasteiger partial charge in [0, 0.05) is 37.1 Å². The number of benzene rings is 1. The zero-order chi connectivity index (χ0) is 21.5. The molecule has 2 aliphatic heterocycles. The Bertz CT molecular complexity index is 859. The molecule has 2 heterocycles. The Hall–Kier alpha value is -2.33. The van der Waals surface area contributed by atoms with Gasteiger partial charge in [0.05, 0.1) is 5.57 Å². The normalized spacial score (nSPS) is 25.9. The summed E-state index contributed by atoms with van der Waals surface area (Å²) in [6, 6.07) is 4.12. The number of piperidine rings is 1. The van der Waals surface area contributed by atoms with E-state index >= 15 is 0 Å². The van der Waals surface area contributed by atoms with Gasteiger partial charge in [-0.3, -0.25) is 0 Å². The van der Waals surface area contributed by atoms with Gasteiger partial charge in [-0.15, -0.1) is 0 Å². The molecule has 1 atom stereocenters. The van der Waals surface area contributed by atoms with Gasteiger partial charge in [0.25, 0.3) is 0 Å². The summed E-state index contributed by atoms with van der Waals surface area (Å²) < 4.78 is 60.2. The van der Waals surface area contributed by atoms with Crippen LogP contribution in [0.2, 0.25) is 0 Å². The van der Waals surface area contributed by atoms with Crippen LogP contribution in [-0.4, -0.2) is 48.9 Å². The molecule has 30 heavy (non-hydrogen) atoms. The smallest absolute Gasteiger partial charge is 0.417 e. The van der Waals surface area contributed by atoms with E-state index in [1.165, 1.54) is 12.1 Å². The molecule has 1 saturated heterocycles. The molecule has 1 unspecified atom stereocenters. The van der Waals surface area contributed by atoms with Gasteiger partial charge in [-0.1, -0.05) is 0 Å². The highest BCUT2D eigenvalue weighted by molar-refractivity contribution is 5.95. The summed E-state index contributed by atoms with van der Waals surface area (Å²) in [6.07, 6.45) is -0.986. The Labute approximate surface area is 172 Å². The first kappa shape index (κ1) is 20.9. The average molecular weight is 427 g/mol. The summed E-state index contributed by atoms with van der Waals surface area (Å²) in [4.78, 5) is 6.03. The molecule has 164 valence electrons. The Kier molecular flexibility index (Phi) is 5.39. The highest BCUT2D eigenvalue weighted by Crippen LogP contribution is 2.46. The number of rotatable bonds is 4. The first-order valence-corrected chi connectivity index (χ1v) is 9.99. The van der Waals surface area contributed by atoms with Crippen LogP contribution in [0, 0.1) is 11.7 Å². The second-order valence-electron chi connectivity index (χ2n) is 8.21. The Balaban J connectivity index is 1.50. The molecule has 1 aliphatic carbocycles. The zero-order valence-corrected chi connectivity index (χ0v) is 16.6. The van der Waals surface area contributed by atoms with Crippen molar-refractivity contribution >= 4 is 11.6 Å². The number of nitrogens with two attached hydrogens (primary N) is 1. The van der Waals surface area contributed by atoms with Crippen LogP contribution in [0.5, 0.6) is 5.75 Å². The summed E-state index contributed by atoms with van der Waals surface area (Å²) >= 11 is 0. The number of nitrogens with zero attached hydrogens (tertiary/aromatic N) is 2. The largest absolute Gasteiger partial charge is 0.490 e. The first-order chi connectivity index (χ1) is 14.1. The van der Waals surface area contributed by atoms with Crippen molar-refractivity contribution < 1.29 is 22.3 Å². The lowest BCUT2D eigenvalue weighted by Crippen LogP contribution is -2.64. The van der Waals surface area contributed by atoms with E-state index in [0.29, 0.717) is 24.3 Å². The Morgan fingerprint density at radius 3 is 2.53 bits per heavy atom. The minimum atomic E-state index is -4.59. The van der Waals surface area contributed by atoms with Gasteiger partial charge in [-0.25, -0.2) is 9.38 Å². The number of likely N-dealkylation sites (tertiary alicyclic amines) is 1. The molecule has 0 amide bonds. The van der Waals surface area contributed by atoms with E-state index in [-0.39, 0.29) is 18.0 Å². The third-order valence-electron chi connectivity index (χ3n) is 5.72. The topological polar surface area (TPSA) is 74.9 Å². The van der Waals surface area contributed by atoms with Gasteiger partial charge in [-0.2, -0.15) is 13.2 Å². The molecule has 0 radical (unpaired) electrons. The monoisotopic (exact) mass is 427 g/mol. The number of alkyl halides is 3. The van der Waals surface area contributed by atoms with Crippen LogP contribution in [0.25, 0.3) is 0 Å². The Morgan fingerprint density at radius 2 is 1.90 bits per heavy atom. The number of hydrogen-bond donors (Lipinski definition) is 3. The summed E-state index contributed by atoms with van der Waals surface area (Å²) in [5, 5.41) is 5.52. The molecular formula is C20H25F4N5O. The van der Waals surface area contributed by atoms with Gasteiger partial charge < -0.3 is 26.0 Å². The van der Waals surface area contributed by atoms with Crippen LogP contribution < -0.4 is 21.1 Å². The van der Waals surface area contributed by atoms with Crippen molar-refractivity contribution in [2.45, 2.75) is 43.6 Å². The number of anilines is 1. The predicted molar refractivity (Wildman–Crippen MR) is 106 cm³/mol. The standard InChI is InChI=1S/C20H25F4N5O/c1-29-6-4-15(5-7-29)30-16-9-13(21)8-14(10-16)27-18-26-11-17(20(22,23)24)19(25,28-18)12-2-3-12/h8-12,15H,2-7,25H2,1H3,(H2,26,27,28). The van der Waals surface area contributed by atoms with Gasteiger partial charge in [0.15, 0.2) is 0 Å². The van der Waals surface area contributed by atoms with Crippen molar-refractivity contribution in [3.63, 3.8) is 0 Å². The minimum Gasteiger partial charge on any atom is -0.490 e. The quantitative estimate of drug-likeness (QED) is 0.644. The van der Waals surface area contributed by atoms with Gasteiger partial charge in [-0.05, 0) is 44.7 Å². The fourth-order valence-electron chi connectivity index (χ4n) is 3.90. The van der Waals surface area contributed by atoms with E-state index in [0.717, 1.165) is 32.1 Å². The van der Waals surface area contributed by atoms with Crippen LogP contribution in [0.15, 0.2) is 35.0 Å². The van der Waals surface area contributed by atoms with E-state index in [1.807, 2.05) is 7.05 Å². The maximum atomic E-state index is 14.1. The zero-order valence-electron chi connectivity index (χ0n) is 16.6. The molecule has 1 aromatic rings. The molecule has 0 spiro atoms. The van der Waals surface area contributed by atoms with Crippen molar-refractivity contribution in [3.8, 4) is 5.75 Å². The van der Waals surface area contributed by atoms with E-state index < -0.39 is 23.2 Å². The lowest BCUT2D eigenvalue weighted by atomic mass is 9.94. The Morgan fingerprint density at radius 1 is 1.20 bits per heavy atom. The average Bonchev–Trinajstić information content (AvgIpc) is 3.48. The first-order valence-electron chi connectivity index (χ1n) is 9.99. The molecule has 2 fully saturated rings. The van der Waals surface area contributed by atoms with Crippen LogP contribution in [0.1, 0.15) is 25.7 Å². The van der Waals surface area contributed by atoms with Crippen molar-refractivity contribution in [1.29, 1.82) is 0 Å². The van der Waals surface area contributed by atoms with E-state index in [9.17, 15) is 17.6 Å². The number of guanidine groups is 1. The second kappa shape index (κ2) is 7.73. The second-order valence-corrected chi connectivity index (χ2v) is 8.21. The number of hydrogen-bond acceptors (Lipinski definition) is 6. The summed E-state index contributed by atoms with van der Waals surface area (Å²) in [7, 11) is 2.04. The summed E-state index contributed by atoms with van der Waals surface area (Å²) in [6.45, 7) is 1.80. The fraction of sp³-hybridized carbons (Fsp3) is 0.550. The highest BCUT2D eigenvalue weighted by atomic mass is 19.4. The van der Waals surface area contributed by atoms with E-state index in [1.54, 1.807) is 6.07 Å². The van der Waals surface area contributed by atoms with Crippen molar-refractivity contribution in [2.24, 2.45) is 16.6 Å². The minimum absolute atomic E-state index is 0.00942. The van der Waals surface area contributed by atoms with E-state index in [2.05, 4.69) is 20.5 Å². The predicted octanol–water partition coefficient (Wildman–Crippen LogP) is 3.18. The van der Waals surface area contributed by atoms with Gasteiger partial charge in [0.2, 0.25) is 5.96 Å². The van der Waals surface area contributed by atoms with Crippen LogP contribution >= 0.6 is 0 Å². The molecule has 1 saturated carbocycles. The van der Waals surface area contributed by atoms with Crippen LogP contribution in [0.3, 0.4) is 0 Å². The maximum absolute atomic E-state index is 14.1. The molecule has 4 N–H and O–H groups in total. The molecule has 0 aromatic heterocycles. The van der Waals surface area contributed by atoms with Crippen LogP contribution in [-0.2, 0) is 0 Å². The molecular weight excluding hydrogens is 402 g/mol. The highest BCUT2D eigenvalue weighted by Gasteiger charge is 2.55. The van der Waals surface area contributed by atoms with E-state index in [4.69, 9.17) is 10.5 Å². The number of nitrogens with one attached hydrogen (secondary N) is 2. The third kappa shape index (κ3) is 4.54. The van der Waals surface area contributed by atoms with Gasteiger partial charge >= 0.3 is 6.18 Å². The fourth-order valence-corrected chi connectivity index (χ4v) is 3.90. The van der Waals surface area contributed by atoms with Gasteiger partial charge in [0.1, 0.15) is 23.3 Å². The molecule has 1 aromatic carbocycles. The number of ether oxygens (including phenoxy) is 1. The lowest BCUT2D eigenvalue weighted by molar-refractivity contribution is -0.103. The molecule has 0 bridgehead atoms. The van der Waals surface area contributed by atoms with Crippen molar-refractivity contribution in [1.82, 2.24) is 10.2 Å². The lowest BCUT2D eigenvalue weighted by Gasteiger charge is -2.37. The number of halogens is 4. The maximum Gasteiger partial charge on any atom is 0.417 e. The third-order valence-corrected chi connectivity index (χ3v) is 5.72. The van der Waals surface area contributed by atoms with Crippen molar-refractivity contribution in [2.75, 3.05) is 25.5 Å². The molecule has 4 rings (SSSR count). The molecule has 6 nitrogen and oxygen atoms in total. The van der Waals surface area contributed by atoms with Crippen LogP contribution in [0.4, 0.5) is 23.2 Å². The number of aliphatic imine (C=N–C) groups is 1. The molecule has 3 aliphatic rings. The summed E-state index contributed by atoms with van der Waals surface area (Å²) in [5.41, 5.74) is 3.75.